The van der Waals surface area contributed by atoms with Gasteiger partial charge in [-0.25, -0.2) is 4.98 Å². The molecule has 2 N–H and O–H groups in total. The fourth-order valence-corrected chi connectivity index (χ4v) is 3.79. The largest absolute Gasteiger partial charge is 0.354 e. The van der Waals surface area contributed by atoms with Gasteiger partial charge in [0, 0.05) is 27.0 Å². The summed E-state index contributed by atoms with van der Waals surface area (Å²) < 4.78 is 1.02. The first kappa shape index (κ1) is 16.9. The maximum absolute atomic E-state index is 4.85. The standard InChI is InChI=1S/C22H16BrN5/c1-13(17-7-4-5-11-24-17)27-28-22-20-15-6-2-3-8-18(15)25-21(20)16-12-14(23)9-10-19(16)26-22/h2-12,25H,1H3,(H,26,28)/b27-13+. The van der Waals surface area contributed by atoms with E-state index in [1.807, 2.05) is 49.4 Å². The summed E-state index contributed by atoms with van der Waals surface area (Å²) in [7, 11) is 0. The number of nitrogens with zero attached hydrogens (tertiary/aromatic N) is 3. The Labute approximate surface area is 169 Å². The summed E-state index contributed by atoms with van der Waals surface area (Å²) in [5, 5.41) is 7.75. The summed E-state index contributed by atoms with van der Waals surface area (Å²) in [6.45, 7) is 1.93. The predicted molar refractivity (Wildman–Crippen MR) is 119 cm³/mol. The SMILES string of the molecule is C/C(=N\Nc1nc2ccc(Br)cc2c2[nH]c3ccccc3c12)c1ccccn1. The predicted octanol–water partition coefficient (Wildman–Crippen LogP) is 5.86. The van der Waals surface area contributed by atoms with Gasteiger partial charge in [-0.3, -0.25) is 10.4 Å². The number of halogens is 1. The van der Waals surface area contributed by atoms with E-state index in [-0.39, 0.29) is 0 Å². The minimum atomic E-state index is 0.720. The molecule has 0 amide bonds. The quantitative estimate of drug-likeness (QED) is 0.278. The van der Waals surface area contributed by atoms with E-state index in [0.29, 0.717) is 0 Å². The number of nitrogens with one attached hydrogen (secondary N) is 2. The van der Waals surface area contributed by atoms with Gasteiger partial charge < -0.3 is 4.98 Å². The van der Waals surface area contributed by atoms with E-state index in [1.165, 1.54) is 0 Å². The smallest absolute Gasteiger partial charge is 0.157 e. The number of rotatable bonds is 3. The second kappa shape index (κ2) is 6.73. The van der Waals surface area contributed by atoms with Crippen molar-refractivity contribution in [3.63, 3.8) is 0 Å². The van der Waals surface area contributed by atoms with Gasteiger partial charge in [-0.1, -0.05) is 40.2 Å². The number of fused-ring (bicyclic) bond motifs is 5. The molecule has 6 heteroatoms. The summed E-state index contributed by atoms with van der Waals surface area (Å²) in [5.41, 5.74) is 7.81. The number of pyridine rings is 2. The minimum Gasteiger partial charge on any atom is -0.354 e. The van der Waals surface area contributed by atoms with E-state index in [2.05, 4.69) is 54.6 Å². The van der Waals surface area contributed by atoms with Gasteiger partial charge in [0.1, 0.15) is 0 Å². The monoisotopic (exact) mass is 429 g/mol. The summed E-state index contributed by atoms with van der Waals surface area (Å²) in [6.07, 6.45) is 1.76. The molecule has 0 aliphatic rings. The van der Waals surface area contributed by atoms with Crippen molar-refractivity contribution in [3.8, 4) is 0 Å². The van der Waals surface area contributed by atoms with Crippen molar-refractivity contribution in [3.05, 3.63) is 77.0 Å². The number of anilines is 1. The highest BCUT2D eigenvalue weighted by molar-refractivity contribution is 9.10. The molecule has 5 nitrogen and oxygen atoms in total. The molecule has 0 spiro atoms. The number of aromatic amines is 1. The van der Waals surface area contributed by atoms with E-state index in [9.17, 15) is 0 Å². The van der Waals surface area contributed by atoms with Crippen molar-refractivity contribution in [1.29, 1.82) is 0 Å². The Balaban J connectivity index is 1.74. The van der Waals surface area contributed by atoms with Crippen LogP contribution in [-0.2, 0) is 0 Å². The molecule has 3 aromatic heterocycles. The lowest BCUT2D eigenvalue weighted by molar-refractivity contribution is 1.23. The first-order valence-electron chi connectivity index (χ1n) is 8.92. The average Bonchev–Trinajstić information content (AvgIpc) is 3.13. The van der Waals surface area contributed by atoms with Crippen molar-refractivity contribution in [1.82, 2.24) is 15.0 Å². The molecule has 0 fully saturated rings. The van der Waals surface area contributed by atoms with E-state index in [0.717, 1.165) is 54.4 Å². The summed E-state index contributed by atoms with van der Waals surface area (Å²) >= 11 is 3.57. The summed E-state index contributed by atoms with van der Waals surface area (Å²) in [4.78, 5) is 12.7. The molecule has 0 radical (unpaired) electrons. The second-order valence-electron chi connectivity index (χ2n) is 6.57. The molecule has 0 unspecified atom stereocenters. The number of aromatic nitrogens is 3. The molecule has 5 aromatic rings. The lowest BCUT2D eigenvalue weighted by Crippen LogP contribution is -2.03. The maximum Gasteiger partial charge on any atom is 0.157 e. The number of hydrogen-bond acceptors (Lipinski definition) is 4. The van der Waals surface area contributed by atoms with Gasteiger partial charge in [-0.2, -0.15) is 5.10 Å². The molecule has 0 aliphatic carbocycles. The Morgan fingerprint density at radius 3 is 2.75 bits per heavy atom. The average molecular weight is 430 g/mol. The van der Waals surface area contributed by atoms with E-state index in [4.69, 9.17) is 4.98 Å². The molecule has 136 valence electrons. The second-order valence-corrected chi connectivity index (χ2v) is 7.48. The minimum absolute atomic E-state index is 0.720. The van der Waals surface area contributed by atoms with Crippen LogP contribution in [0, 0.1) is 0 Å². The number of benzene rings is 2. The van der Waals surface area contributed by atoms with Gasteiger partial charge in [-0.15, -0.1) is 0 Å². The Morgan fingerprint density at radius 1 is 1.04 bits per heavy atom. The molecule has 3 heterocycles. The first-order chi connectivity index (χ1) is 13.7. The van der Waals surface area contributed by atoms with Gasteiger partial charge in [0.05, 0.1) is 27.8 Å². The fourth-order valence-electron chi connectivity index (χ4n) is 3.42. The highest BCUT2D eigenvalue weighted by Gasteiger charge is 2.14. The molecule has 0 atom stereocenters. The Bertz CT molecular complexity index is 1360. The third-order valence-electron chi connectivity index (χ3n) is 4.77. The molecule has 0 aliphatic heterocycles. The highest BCUT2D eigenvalue weighted by atomic mass is 79.9. The van der Waals surface area contributed by atoms with Crippen molar-refractivity contribution in [2.75, 3.05) is 5.43 Å². The number of para-hydroxylation sites is 1. The maximum atomic E-state index is 4.85. The van der Waals surface area contributed by atoms with Gasteiger partial charge in [0.2, 0.25) is 0 Å². The van der Waals surface area contributed by atoms with Crippen LogP contribution in [0.1, 0.15) is 12.6 Å². The molecular weight excluding hydrogens is 414 g/mol. The molecule has 5 rings (SSSR count). The van der Waals surface area contributed by atoms with Crippen LogP contribution in [0.25, 0.3) is 32.7 Å². The van der Waals surface area contributed by atoms with Crippen LogP contribution in [0.5, 0.6) is 0 Å². The van der Waals surface area contributed by atoms with Gasteiger partial charge in [-0.05, 0) is 43.3 Å². The molecule has 0 bridgehead atoms. The topological polar surface area (TPSA) is 66.0 Å². The van der Waals surface area contributed by atoms with Gasteiger partial charge in [0.25, 0.3) is 0 Å². The van der Waals surface area contributed by atoms with Crippen molar-refractivity contribution < 1.29 is 0 Å². The van der Waals surface area contributed by atoms with Crippen molar-refractivity contribution in [2.45, 2.75) is 6.92 Å². The number of hydrazone groups is 1. The normalized spacial score (nSPS) is 12.1. The van der Waals surface area contributed by atoms with E-state index in [1.54, 1.807) is 6.20 Å². The lowest BCUT2D eigenvalue weighted by atomic mass is 10.1. The Morgan fingerprint density at radius 2 is 1.89 bits per heavy atom. The van der Waals surface area contributed by atoms with Crippen LogP contribution in [0.2, 0.25) is 0 Å². The third kappa shape index (κ3) is 2.82. The zero-order valence-electron chi connectivity index (χ0n) is 15.1. The van der Waals surface area contributed by atoms with Crippen molar-refractivity contribution >= 4 is 60.2 Å². The van der Waals surface area contributed by atoms with Gasteiger partial charge in [0.15, 0.2) is 5.82 Å². The zero-order chi connectivity index (χ0) is 19.1. The third-order valence-corrected chi connectivity index (χ3v) is 5.26. The molecule has 0 saturated heterocycles. The van der Waals surface area contributed by atoms with Crippen LogP contribution in [-0.4, -0.2) is 20.7 Å². The van der Waals surface area contributed by atoms with E-state index < -0.39 is 0 Å². The summed E-state index contributed by atoms with van der Waals surface area (Å²) in [5.74, 6) is 0.720. The lowest BCUT2D eigenvalue weighted by Gasteiger charge is -2.08. The van der Waals surface area contributed by atoms with Crippen LogP contribution >= 0.6 is 15.9 Å². The Kier molecular flexibility index (Phi) is 4.06. The molecule has 28 heavy (non-hydrogen) atoms. The van der Waals surface area contributed by atoms with Crippen molar-refractivity contribution in [2.24, 2.45) is 5.10 Å². The number of hydrogen-bond donors (Lipinski definition) is 2. The zero-order valence-corrected chi connectivity index (χ0v) is 16.7. The Hall–Kier alpha value is -3.25. The summed E-state index contributed by atoms with van der Waals surface area (Å²) in [6, 6.07) is 20.1. The number of H-pyrrole nitrogens is 1. The van der Waals surface area contributed by atoms with E-state index >= 15 is 0 Å². The van der Waals surface area contributed by atoms with Crippen LogP contribution < -0.4 is 5.43 Å². The fraction of sp³-hybridized carbons (Fsp3) is 0.0455. The first-order valence-corrected chi connectivity index (χ1v) is 9.71. The molecule has 0 saturated carbocycles. The molecule has 2 aromatic carbocycles. The van der Waals surface area contributed by atoms with Crippen LogP contribution in [0.4, 0.5) is 5.82 Å². The highest BCUT2D eigenvalue weighted by Crippen LogP contribution is 2.36. The molecular formula is C22H16BrN5. The van der Waals surface area contributed by atoms with Crippen LogP contribution in [0.3, 0.4) is 0 Å². The van der Waals surface area contributed by atoms with Crippen LogP contribution in [0.15, 0.2) is 76.4 Å². The van der Waals surface area contributed by atoms with Gasteiger partial charge >= 0.3 is 0 Å².